The highest BCUT2D eigenvalue weighted by molar-refractivity contribution is 7.98. The highest BCUT2D eigenvalue weighted by atomic mass is 32.2. The molecule has 0 aliphatic carbocycles. The second-order valence-electron chi connectivity index (χ2n) is 2.95. The van der Waals surface area contributed by atoms with E-state index in [9.17, 15) is 5.11 Å². The van der Waals surface area contributed by atoms with E-state index < -0.39 is 6.10 Å². The Bertz CT molecular complexity index is 265. The van der Waals surface area contributed by atoms with Crippen LogP contribution in [0.3, 0.4) is 0 Å². The molecule has 0 aromatic heterocycles. The Balaban J connectivity index is 2.66. The lowest BCUT2D eigenvalue weighted by Crippen LogP contribution is -2.21. The van der Waals surface area contributed by atoms with E-state index in [1.807, 2.05) is 18.4 Å². The van der Waals surface area contributed by atoms with Gasteiger partial charge < -0.3 is 10.8 Å². The molecule has 0 amide bonds. The van der Waals surface area contributed by atoms with Crippen LogP contribution < -0.4 is 5.73 Å². The number of nitrogens with two attached hydrogens (primary N) is 1. The van der Waals surface area contributed by atoms with Gasteiger partial charge in [0.25, 0.3) is 0 Å². The standard InChI is InChI=1S/C10H15NOS/c1-13-10-4-2-3-8(6-10)5-9(12)7-11/h2-4,6,9,12H,5,7,11H2,1H3. The molecular formula is C10H15NOS. The third-order valence-corrected chi connectivity index (χ3v) is 2.60. The van der Waals surface area contributed by atoms with Crippen molar-refractivity contribution in [2.24, 2.45) is 5.73 Å². The zero-order valence-corrected chi connectivity index (χ0v) is 8.55. The fourth-order valence-corrected chi connectivity index (χ4v) is 1.64. The van der Waals surface area contributed by atoms with Crippen LogP contribution in [0, 0.1) is 0 Å². The zero-order valence-electron chi connectivity index (χ0n) is 7.73. The van der Waals surface area contributed by atoms with Crippen LogP contribution in [0.5, 0.6) is 0 Å². The molecule has 72 valence electrons. The lowest BCUT2D eigenvalue weighted by Gasteiger charge is -2.08. The van der Waals surface area contributed by atoms with Crippen molar-refractivity contribution >= 4 is 11.8 Å². The number of rotatable bonds is 4. The summed E-state index contributed by atoms with van der Waals surface area (Å²) in [5, 5.41) is 9.34. The second-order valence-corrected chi connectivity index (χ2v) is 3.82. The molecule has 2 nitrogen and oxygen atoms in total. The van der Waals surface area contributed by atoms with Gasteiger partial charge in [0.05, 0.1) is 6.10 Å². The molecule has 0 fully saturated rings. The summed E-state index contributed by atoms with van der Waals surface area (Å²) in [7, 11) is 0. The molecule has 1 rings (SSSR count). The molecule has 0 aliphatic heterocycles. The van der Waals surface area contributed by atoms with Crippen LogP contribution in [-0.2, 0) is 6.42 Å². The lowest BCUT2D eigenvalue weighted by molar-refractivity contribution is 0.183. The molecule has 3 heteroatoms. The highest BCUT2D eigenvalue weighted by Crippen LogP contribution is 2.16. The molecule has 3 N–H and O–H groups in total. The summed E-state index contributed by atoms with van der Waals surface area (Å²) in [6, 6.07) is 8.16. The normalized spacial score (nSPS) is 12.8. The Labute approximate surface area is 83.1 Å². The van der Waals surface area contributed by atoms with Crippen molar-refractivity contribution < 1.29 is 5.11 Å². The van der Waals surface area contributed by atoms with Gasteiger partial charge in [0, 0.05) is 11.4 Å². The van der Waals surface area contributed by atoms with Gasteiger partial charge in [-0.15, -0.1) is 11.8 Å². The molecule has 0 spiro atoms. The van der Waals surface area contributed by atoms with E-state index in [0.717, 1.165) is 5.56 Å². The molecular weight excluding hydrogens is 182 g/mol. The van der Waals surface area contributed by atoms with E-state index in [1.165, 1.54) is 4.90 Å². The van der Waals surface area contributed by atoms with Gasteiger partial charge in [-0.3, -0.25) is 0 Å². The summed E-state index contributed by atoms with van der Waals surface area (Å²) in [5.74, 6) is 0. The van der Waals surface area contributed by atoms with Crippen LogP contribution in [0.2, 0.25) is 0 Å². The van der Waals surface area contributed by atoms with Gasteiger partial charge in [-0.1, -0.05) is 12.1 Å². The van der Waals surface area contributed by atoms with E-state index in [4.69, 9.17) is 5.73 Å². The molecule has 1 aromatic carbocycles. The number of benzene rings is 1. The van der Waals surface area contributed by atoms with Crippen molar-refractivity contribution in [2.45, 2.75) is 17.4 Å². The summed E-state index contributed by atoms with van der Waals surface area (Å²) < 4.78 is 0. The van der Waals surface area contributed by atoms with Gasteiger partial charge in [0.1, 0.15) is 0 Å². The molecule has 0 aliphatic rings. The average Bonchev–Trinajstić information content (AvgIpc) is 2.18. The second kappa shape index (κ2) is 5.27. The number of hydrogen-bond acceptors (Lipinski definition) is 3. The van der Waals surface area contributed by atoms with Crippen molar-refractivity contribution in [3.63, 3.8) is 0 Å². The maximum Gasteiger partial charge on any atom is 0.0702 e. The van der Waals surface area contributed by atoms with Gasteiger partial charge >= 0.3 is 0 Å². The van der Waals surface area contributed by atoms with Gasteiger partial charge in [-0.05, 0) is 30.4 Å². The SMILES string of the molecule is CSc1cccc(CC(O)CN)c1. The van der Waals surface area contributed by atoms with Crippen molar-refractivity contribution in [1.29, 1.82) is 0 Å². The quantitative estimate of drug-likeness (QED) is 0.715. The monoisotopic (exact) mass is 197 g/mol. The highest BCUT2D eigenvalue weighted by Gasteiger charge is 2.02. The van der Waals surface area contributed by atoms with Crippen LogP contribution in [0.4, 0.5) is 0 Å². The largest absolute Gasteiger partial charge is 0.391 e. The number of aliphatic hydroxyl groups excluding tert-OH is 1. The Morgan fingerprint density at radius 2 is 2.31 bits per heavy atom. The number of aliphatic hydroxyl groups is 1. The molecule has 0 radical (unpaired) electrons. The molecule has 1 aromatic rings. The smallest absolute Gasteiger partial charge is 0.0702 e. The van der Waals surface area contributed by atoms with E-state index in [0.29, 0.717) is 13.0 Å². The molecule has 0 saturated carbocycles. The predicted octanol–water partition coefficient (Wildman–Crippen LogP) is 1.27. The van der Waals surface area contributed by atoms with E-state index in [2.05, 4.69) is 12.1 Å². The molecule has 1 atom stereocenters. The Morgan fingerprint density at radius 1 is 1.54 bits per heavy atom. The van der Waals surface area contributed by atoms with Crippen LogP contribution in [0.25, 0.3) is 0 Å². The Morgan fingerprint density at radius 3 is 2.92 bits per heavy atom. The predicted molar refractivity (Wildman–Crippen MR) is 57.0 cm³/mol. The molecule has 0 heterocycles. The summed E-state index contributed by atoms with van der Waals surface area (Å²) in [6.45, 7) is 0.323. The van der Waals surface area contributed by atoms with E-state index in [-0.39, 0.29) is 0 Å². The minimum atomic E-state index is -0.419. The average molecular weight is 197 g/mol. The lowest BCUT2D eigenvalue weighted by atomic mass is 10.1. The maximum absolute atomic E-state index is 9.34. The first-order valence-electron chi connectivity index (χ1n) is 4.27. The van der Waals surface area contributed by atoms with Gasteiger partial charge in [-0.25, -0.2) is 0 Å². The van der Waals surface area contributed by atoms with Crippen molar-refractivity contribution in [2.75, 3.05) is 12.8 Å². The van der Waals surface area contributed by atoms with Gasteiger partial charge in [0.2, 0.25) is 0 Å². The summed E-state index contributed by atoms with van der Waals surface area (Å²) in [6.07, 6.45) is 2.26. The summed E-state index contributed by atoms with van der Waals surface area (Å²) in [4.78, 5) is 1.22. The number of hydrogen-bond donors (Lipinski definition) is 2. The summed E-state index contributed by atoms with van der Waals surface area (Å²) >= 11 is 1.70. The third kappa shape index (κ3) is 3.38. The zero-order chi connectivity index (χ0) is 9.68. The van der Waals surface area contributed by atoms with Crippen molar-refractivity contribution in [1.82, 2.24) is 0 Å². The van der Waals surface area contributed by atoms with Crippen LogP contribution in [0.1, 0.15) is 5.56 Å². The van der Waals surface area contributed by atoms with Crippen molar-refractivity contribution in [3.8, 4) is 0 Å². The Hall–Kier alpha value is -0.510. The molecule has 0 saturated heterocycles. The summed E-state index contributed by atoms with van der Waals surface area (Å²) in [5.41, 5.74) is 6.48. The minimum Gasteiger partial charge on any atom is -0.391 e. The topological polar surface area (TPSA) is 46.2 Å². The molecule has 1 unspecified atom stereocenters. The molecule has 13 heavy (non-hydrogen) atoms. The number of thioether (sulfide) groups is 1. The van der Waals surface area contributed by atoms with Gasteiger partial charge in [-0.2, -0.15) is 0 Å². The first-order chi connectivity index (χ1) is 6.26. The third-order valence-electron chi connectivity index (χ3n) is 1.88. The fraction of sp³-hybridized carbons (Fsp3) is 0.400. The first kappa shape index (κ1) is 10.6. The van der Waals surface area contributed by atoms with Gasteiger partial charge in [0.15, 0.2) is 0 Å². The molecule has 0 bridgehead atoms. The van der Waals surface area contributed by atoms with Crippen LogP contribution in [0.15, 0.2) is 29.2 Å². The van der Waals surface area contributed by atoms with Crippen LogP contribution in [-0.4, -0.2) is 24.0 Å². The first-order valence-corrected chi connectivity index (χ1v) is 5.49. The van der Waals surface area contributed by atoms with Crippen molar-refractivity contribution in [3.05, 3.63) is 29.8 Å². The fourth-order valence-electron chi connectivity index (χ4n) is 1.15. The van der Waals surface area contributed by atoms with E-state index in [1.54, 1.807) is 11.8 Å². The van der Waals surface area contributed by atoms with E-state index >= 15 is 0 Å². The maximum atomic E-state index is 9.34. The van der Waals surface area contributed by atoms with Crippen LogP contribution >= 0.6 is 11.8 Å². The minimum absolute atomic E-state index is 0.323. The Kier molecular flexibility index (Phi) is 4.28.